The van der Waals surface area contributed by atoms with E-state index in [1.54, 1.807) is 4.90 Å². The Morgan fingerprint density at radius 2 is 1.56 bits per heavy atom. The second kappa shape index (κ2) is 10.5. The number of carbonyl (C=O) groups excluding carboxylic acids is 3. The van der Waals surface area contributed by atoms with Gasteiger partial charge in [0.1, 0.15) is 6.04 Å². The molecule has 7 nitrogen and oxygen atoms in total. The van der Waals surface area contributed by atoms with Crippen LogP contribution in [0.4, 0.5) is 0 Å². The Balaban J connectivity index is 1.38. The highest BCUT2D eigenvalue weighted by Crippen LogP contribution is 2.21. The molecule has 0 aliphatic carbocycles. The monoisotopic (exact) mass is 460 g/mol. The molecule has 7 heteroatoms. The highest BCUT2D eigenvalue weighted by molar-refractivity contribution is 5.90. The minimum atomic E-state index is -0.721. The summed E-state index contributed by atoms with van der Waals surface area (Å²) in [7, 11) is 0. The summed E-state index contributed by atoms with van der Waals surface area (Å²) in [5.41, 5.74) is 2.77. The normalized spacial score (nSPS) is 14.9. The van der Waals surface area contributed by atoms with Crippen molar-refractivity contribution in [2.24, 2.45) is 5.92 Å². The van der Waals surface area contributed by atoms with E-state index in [9.17, 15) is 14.4 Å². The first-order valence-electron chi connectivity index (χ1n) is 11.9. The van der Waals surface area contributed by atoms with Gasteiger partial charge in [-0.2, -0.15) is 0 Å². The van der Waals surface area contributed by atoms with Crippen molar-refractivity contribution in [3.05, 3.63) is 71.9 Å². The number of hydrogen-bond donors (Lipinski definition) is 2. The summed E-state index contributed by atoms with van der Waals surface area (Å²) in [6, 6.07) is 16.6. The predicted octanol–water partition coefficient (Wildman–Crippen LogP) is 3.28. The van der Waals surface area contributed by atoms with E-state index >= 15 is 0 Å². The zero-order valence-corrected chi connectivity index (χ0v) is 19.8. The fraction of sp³-hybridized carbons (Fsp3) is 0.370. The molecule has 2 aromatic carbocycles. The smallest absolute Gasteiger partial charge is 0.249 e. The Morgan fingerprint density at radius 3 is 2.26 bits per heavy atom. The van der Waals surface area contributed by atoms with Crippen LogP contribution in [0.25, 0.3) is 10.9 Å². The Kier molecular flexibility index (Phi) is 7.30. The van der Waals surface area contributed by atoms with Crippen molar-refractivity contribution in [1.82, 2.24) is 20.1 Å². The summed E-state index contributed by atoms with van der Waals surface area (Å²) in [5.74, 6) is -0.00305. The Hall–Kier alpha value is -3.61. The lowest BCUT2D eigenvalue weighted by molar-refractivity contribution is -0.141. The largest absolute Gasteiger partial charge is 0.361 e. The van der Waals surface area contributed by atoms with E-state index < -0.39 is 6.04 Å². The van der Waals surface area contributed by atoms with Gasteiger partial charge in [-0.25, -0.2) is 0 Å². The molecule has 2 heterocycles. The number of fused-ring (bicyclic) bond motifs is 1. The Labute approximate surface area is 200 Å². The number of amides is 3. The number of aromatic amines is 1. The van der Waals surface area contributed by atoms with Gasteiger partial charge < -0.3 is 20.1 Å². The van der Waals surface area contributed by atoms with Gasteiger partial charge in [-0.1, -0.05) is 62.4 Å². The summed E-state index contributed by atoms with van der Waals surface area (Å²) < 4.78 is 0. The zero-order chi connectivity index (χ0) is 24.1. The number of benzene rings is 2. The summed E-state index contributed by atoms with van der Waals surface area (Å²) in [6.45, 7) is 5.81. The summed E-state index contributed by atoms with van der Waals surface area (Å²) >= 11 is 0. The van der Waals surface area contributed by atoms with Crippen LogP contribution >= 0.6 is 0 Å². The number of nitrogens with one attached hydrogen (secondary N) is 2. The van der Waals surface area contributed by atoms with Crippen LogP contribution in [0.2, 0.25) is 0 Å². The third-order valence-corrected chi connectivity index (χ3v) is 6.24. The topological polar surface area (TPSA) is 85.5 Å². The average Bonchev–Trinajstić information content (AvgIpc) is 3.25. The third kappa shape index (κ3) is 5.47. The quantitative estimate of drug-likeness (QED) is 0.567. The number of para-hydroxylation sites is 1. The van der Waals surface area contributed by atoms with Crippen molar-refractivity contribution in [2.45, 2.75) is 32.7 Å². The molecule has 34 heavy (non-hydrogen) atoms. The van der Waals surface area contributed by atoms with Crippen molar-refractivity contribution in [1.29, 1.82) is 0 Å². The van der Waals surface area contributed by atoms with Gasteiger partial charge in [0.25, 0.3) is 0 Å². The molecule has 178 valence electrons. The fourth-order valence-electron chi connectivity index (χ4n) is 4.44. The molecule has 1 saturated heterocycles. The van der Waals surface area contributed by atoms with E-state index in [-0.39, 0.29) is 23.6 Å². The molecule has 4 rings (SSSR count). The maximum atomic E-state index is 13.4. The molecule has 3 amide bonds. The predicted molar refractivity (Wildman–Crippen MR) is 132 cm³/mol. The van der Waals surface area contributed by atoms with Gasteiger partial charge in [-0.05, 0) is 23.1 Å². The van der Waals surface area contributed by atoms with E-state index in [0.717, 1.165) is 22.0 Å². The van der Waals surface area contributed by atoms with Crippen LogP contribution in [0, 0.1) is 5.92 Å². The number of carbonyl (C=O) groups is 3. The van der Waals surface area contributed by atoms with Crippen LogP contribution < -0.4 is 5.32 Å². The van der Waals surface area contributed by atoms with Crippen molar-refractivity contribution in [3.63, 3.8) is 0 Å². The van der Waals surface area contributed by atoms with E-state index in [2.05, 4.69) is 10.3 Å². The molecule has 1 atom stereocenters. The van der Waals surface area contributed by atoms with Crippen LogP contribution in [0.15, 0.2) is 60.8 Å². The van der Waals surface area contributed by atoms with Gasteiger partial charge in [0.2, 0.25) is 17.7 Å². The first-order valence-corrected chi connectivity index (χ1v) is 11.9. The van der Waals surface area contributed by atoms with Crippen molar-refractivity contribution in [3.8, 4) is 0 Å². The van der Waals surface area contributed by atoms with E-state index in [1.165, 1.54) is 0 Å². The van der Waals surface area contributed by atoms with Gasteiger partial charge in [0.05, 0.1) is 6.42 Å². The van der Waals surface area contributed by atoms with Gasteiger partial charge >= 0.3 is 0 Å². The lowest BCUT2D eigenvalue weighted by Gasteiger charge is -2.36. The third-order valence-electron chi connectivity index (χ3n) is 6.24. The van der Waals surface area contributed by atoms with Crippen LogP contribution in [-0.2, 0) is 20.8 Å². The summed E-state index contributed by atoms with van der Waals surface area (Å²) in [5, 5.41) is 3.99. The number of nitrogens with zero attached hydrogens (tertiary/aromatic N) is 2. The summed E-state index contributed by atoms with van der Waals surface area (Å²) in [6.07, 6.45) is 2.59. The number of rotatable bonds is 7. The molecule has 1 fully saturated rings. The van der Waals surface area contributed by atoms with Crippen molar-refractivity contribution < 1.29 is 14.4 Å². The maximum absolute atomic E-state index is 13.4. The van der Waals surface area contributed by atoms with Crippen LogP contribution in [0.5, 0.6) is 0 Å². The molecule has 1 aliphatic heterocycles. The lowest BCUT2D eigenvalue weighted by atomic mass is 10.0. The van der Waals surface area contributed by atoms with E-state index in [4.69, 9.17) is 0 Å². The van der Waals surface area contributed by atoms with Crippen LogP contribution in [0.1, 0.15) is 37.4 Å². The first kappa shape index (κ1) is 23.5. The standard InChI is InChI=1S/C27H32N4O3/c1-19(2)16-24(32)29-26(20-8-4-3-5-9-20)27(34)31-14-12-30(13-15-31)25(33)17-21-18-28-23-11-7-6-10-22(21)23/h3-11,18-19,26,28H,12-17H2,1-2H3,(H,29,32). The van der Waals surface area contributed by atoms with Gasteiger partial charge in [0, 0.05) is 49.7 Å². The van der Waals surface area contributed by atoms with Gasteiger partial charge in [-0.15, -0.1) is 0 Å². The Morgan fingerprint density at radius 1 is 0.912 bits per heavy atom. The average molecular weight is 461 g/mol. The SMILES string of the molecule is CC(C)CC(=O)NC(C(=O)N1CCN(C(=O)Cc2c[nH]c3ccccc23)CC1)c1ccccc1. The highest BCUT2D eigenvalue weighted by atomic mass is 16.2. The number of H-pyrrole nitrogens is 1. The van der Waals surface area contributed by atoms with Gasteiger partial charge in [0.15, 0.2) is 0 Å². The zero-order valence-electron chi connectivity index (χ0n) is 19.8. The van der Waals surface area contributed by atoms with Crippen LogP contribution in [0.3, 0.4) is 0 Å². The number of hydrogen-bond acceptors (Lipinski definition) is 3. The number of aromatic nitrogens is 1. The number of piperazine rings is 1. The minimum absolute atomic E-state index is 0.0571. The molecule has 0 saturated carbocycles. The second-order valence-corrected chi connectivity index (χ2v) is 9.25. The van der Waals surface area contributed by atoms with E-state index in [0.29, 0.717) is 39.0 Å². The van der Waals surface area contributed by atoms with Crippen LogP contribution in [-0.4, -0.2) is 58.7 Å². The molecular formula is C27H32N4O3. The molecular weight excluding hydrogens is 428 g/mol. The lowest BCUT2D eigenvalue weighted by Crippen LogP contribution is -2.53. The Bertz CT molecular complexity index is 1150. The van der Waals surface area contributed by atoms with Gasteiger partial charge in [-0.3, -0.25) is 14.4 Å². The fourth-order valence-corrected chi connectivity index (χ4v) is 4.44. The molecule has 0 spiro atoms. The molecule has 0 bridgehead atoms. The summed E-state index contributed by atoms with van der Waals surface area (Å²) in [4.78, 5) is 45.6. The molecule has 0 radical (unpaired) electrons. The van der Waals surface area contributed by atoms with E-state index in [1.807, 2.05) is 79.5 Å². The van der Waals surface area contributed by atoms with Crippen molar-refractivity contribution >= 4 is 28.6 Å². The molecule has 2 N–H and O–H groups in total. The molecule has 3 aromatic rings. The molecule has 1 aliphatic rings. The maximum Gasteiger partial charge on any atom is 0.249 e. The second-order valence-electron chi connectivity index (χ2n) is 9.25. The minimum Gasteiger partial charge on any atom is -0.361 e. The molecule has 1 unspecified atom stereocenters. The first-order chi connectivity index (χ1) is 16.4. The molecule has 1 aromatic heterocycles. The highest BCUT2D eigenvalue weighted by Gasteiger charge is 2.31. The van der Waals surface area contributed by atoms with Crippen molar-refractivity contribution in [2.75, 3.05) is 26.2 Å².